The van der Waals surface area contributed by atoms with Crippen LogP contribution >= 0.6 is 11.3 Å². The minimum atomic E-state index is -0.213. The van der Waals surface area contributed by atoms with Gasteiger partial charge in [-0.05, 0) is 32.9 Å². The number of carbonyl (C=O) groups excluding carboxylic acids is 1. The quantitative estimate of drug-likeness (QED) is 0.882. The van der Waals surface area contributed by atoms with E-state index < -0.39 is 0 Å². The fourth-order valence-electron chi connectivity index (χ4n) is 1.64. The van der Waals surface area contributed by atoms with Crippen LogP contribution in [0.1, 0.15) is 41.1 Å². The lowest BCUT2D eigenvalue weighted by Gasteiger charge is -2.11. The molecule has 7 heteroatoms. The molecule has 1 atom stereocenters. The number of rotatable bonds is 5. The van der Waals surface area contributed by atoms with Crippen molar-refractivity contribution >= 4 is 23.1 Å². The number of amides is 1. The van der Waals surface area contributed by atoms with Crippen LogP contribution in [0.25, 0.3) is 0 Å². The van der Waals surface area contributed by atoms with Gasteiger partial charge in [0.1, 0.15) is 10.8 Å². The molecule has 106 valence electrons. The van der Waals surface area contributed by atoms with Crippen molar-refractivity contribution in [3.63, 3.8) is 0 Å². The summed E-state index contributed by atoms with van der Waals surface area (Å²) < 4.78 is 0. The van der Waals surface area contributed by atoms with Crippen LogP contribution in [0.15, 0.2) is 17.5 Å². The van der Waals surface area contributed by atoms with Crippen molar-refractivity contribution in [1.82, 2.24) is 20.5 Å². The van der Waals surface area contributed by atoms with Crippen LogP contribution in [-0.2, 0) is 0 Å². The van der Waals surface area contributed by atoms with Gasteiger partial charge in [-0.1, -0.05) is 0 Å². The van der Waals surface area contributed by atoms with Crippen LogP contribution in [0.2, 0.25) is 0 Å². The summed E-state index contributed by atoms with van der Waals surface area (Å²) in [5.41, 5.74) is 1.33. The maximum atomic E-state index is 11.6. The topological polar surface area (TPSA) is 79.8 Å². The van der Waals surface area contributed by atoms with Crippen molar-refractivity contribution in [3.05, 3.63) is 33.9 Å². The molecular formula is C13H17N5OS. The van der Waals surface area contributed by atoms with Gasteiger partial charge in [-0.15, -0.1) is 21.5 Å². The molecule has 0 aromatic carbocycles. The molecular weight excluding hydrogens is 274 g/mol. The molecule has 2 rings (SSSR count). The second-order valence-corrected chi connectivity index (χ2v) is 5.25. The monoisotopic (exact) mass is 291 g/mol. The number of thiazole rings is 1. The lowest BCUT2D eigenvalue weighted by atomic mass is 10.3. The van der Waals surface area contributed by atoms with E-state index in [4.69, 9.17) is 0 Å². The maximum Gasteiger partial charge on any atom is 0.271 e. The third kappa shape index (κ3) is 3.51. The summed E-state index contributed by atoms with van der Waals surface area (Å²) in [7, 11) is 0. The van der Waals surface area contributed by atoms with Crippen LogP contribution in [0.3, 0.4) is 0 Å². The Hall–Kier alpha value is -2.02. The van der Waals surface area contributed by atoms with E-state index >= 15 is 0 Å². The fourth-order valence-corrected chi connectivity index (χ4v) is 2.44. The molecule has 1 unspecified atom stereocenters. The van der Waals surface area contributed by atoms with Gasteiger partial charge >= 0.3 is 0 Å². The molecule has 6 nitrogen and oxygen atoms in total. The Balaban J connectivity index is 2.01. The molecule has 0 fully saturated rings. The highest BCUT2D eigenvalue weighted by molar-refractivity contribution is 7.09. The van der Waals surface area contributed by atoms with Crippen molar-refractivity contribution in [3.8, 4) is 0 Å². The molecule has 2 N–H and O–H groups in total. The number of nitrogens with zero attached hydrogens (tertiary/aromatic N) is 3. The molecule has 2 aromatic rings. The van der Waals surface area contributed by atoms with Gasteiger partial charge in [0.15, 0.2) is 5.69 Å². The fraction of sp³-hybridized carbons (Fsp3) is 0.385. The van der Waals surface area contributed by atoms with Gasteiger partial charge in [0, 0.05) is 17.6 Å². The highest BCUT2D eigenvalue weighted by atomic mass is 32.1. The van der Waals surface area contributed by atoms with E-state index in [1.807, 2.05) is 26.2 Å². The zero-order chi connectivity index (χ0) is 14.5. The van der Waals surface area contributed by atoms with Crippen LogP contribution in [0.5, 0.6) is 0 Å². The zero-order valence-corrected chi connectivity index (χ0v) is 12.5. The van der Waals surface area contributed by atoms with E-state index in [0.717, 1.165) is 10.7 Å². The van der Waals surface area contributed by atoms with Crippen LogP contribution in [0.4, 0.5) is 5.82 Å². The molecule has 0 bridgehead atoms. The standard InChI is InChI=1S/C13H17N5OS/c1-4-14-12(19)10-5-6-11(18-17-10)16-9(3)13-15-8(2)7-20-13/h5-7,9H,4H2,1-3H3,(H,14,19)(H,16,18). The molecule has 0 aliphatic carbocycles. The van der Waals surface area contributed by atoms with Gasteiger partial charge in [-0.2, -0.15) is 0 Å². The van der Waals surface area contributed by atoms with E-state index in [0.29, 0.717) is 18.1 Å². The van der Waals surface area contributed by atoms with Crippen LogP contribution in [0, 0.1) is 6.92 Å². The predicted molar refractivity (Wildman–Crippen MR) is 78.9 cm³/mol. The largest absolute Gasteiger partial charge is 0.360 e. The van der Waals surface area contributed by atoms with Crippen molar-refractivity contribution in [1.29, 1.82) is 0 Å². The average Bonchev–Trinajstić information content (AvgIpc) is 2.86. The summed E-state index contributed by atoms with van der Waals surface area (Å²) in [6.45, 7) is 6.41. The highest BCUT2D eigenvalue weighted by Crippen LogP contribution is 2.20. The number of hydrogen-bond donors (Lipinski definition) is 2. The summed E-state index contributed by atoms with van der Waals surface area (Å²) in [6, 6.07) is 3.45. The normalized spacial score (nSPS) is 11.9. The molecule has 1 amide bonds. The smallest absolute Gasteiger partial charge is 0.271 e. The Morgan fingerprint density at radius 2 is 2.20 bits per heavy atom. The average molecular weight is 291 g/mol. The van der Waals surface area contributed by atoms with Gasteiger partial charge in [-0.3, -0.25) is 4.79 Å². The summed E-state index contributed by atoms with van der Waals surface area (Å²) in [5, 5.41) is 16.8. The molecule has 0 spiro atoms. The number of hydrogen-bond acceptors (Lipinski definition) is 6. The molecule has 0 aliphatic rings. The SMILES string of the molecule is CCNC(=O)c1ccc(NC(C)c2nc(C)cs2)nn1. The van der Waals surface area contributed by atoms with Gasteiger partial charge in [0.2, 0.25) is 0 Å². The summed E-state index contributed by atoms with van der Waals surface area (Å²) >= 11 is 1.61. The minimum Gasteiger partial charge on any atom is -0.360 e. The molecule has 0 saturated heterocycles. The number of nitrogens with one attached hydrogen (secondary N) is 2. The van der Waals surface area contributed by atoms with Gasteiger partial charge in [-0.25, -0.2) is 4.98 Å². The number of anilines is 1. The first-order valence-corrected chi connectivity index (χ1v) is 7.28. The Bertz CT molecular complexity index is 581. The highest BCUT2D eigenvalue weighted by Gasteiger charge is 2.11. The molecule has 0 aliphatic heterocycles. The van der Waals surface area contributed by atoms with Gasteiger partial charge < -0.3 is 10.6 Å². The van der Waals surface area contributed by atoms with E-state index in [2.05, 4.69) is 25.8 Å². The third-order valence-corrected chi connectivity index (χ3v) is 3.75. The Labute approximate surface area is 121 Å². The summed E-state index contributed by atoms with van der Waals surface area (Å²) in [5.74, 6) is 0.411. The van der Waals surface area contributed by atoms with Crippen molar-refractivity contribution < 1.29 is 4.79 Å². The van der Waals surface area contributed by atoms with Crippen LogP contribution in [-0.4, -0.2) is 27.6 Å². The van der Waals surface area contributed by atoms with E-state index in [-0.39, 0.29) is 11.9 Å². The van der Waals surface area contributed by atoms with Crippen molar-refractivity contribution in [2.24, 2.45) is 0 Å². The minimum absolute atomic E-state index is 0.0540. The van der Waals surface area contributed by atoms with E-state index in [9.17, 15) is 4.79 Å². The van der Waals surface area contributed by atoms with Crippen LogP contribution < -0.4 is 10.6 Å². The van der Waals surface area contributed by atoms with Gasteiger partial charge in [0.25, 0.3) is 5.91 Å². The molecule has 2 heterocycles. The maximum absolute atomic E-state index is 11.6. The number of aryl methyl sites for hydroxylation is 1. The first-order chi connectivity index (χ1) is 9.60. The summed E-state index contributed by atoms with van der Waals surface area (Å²) in [6.07, 6.45) is 0. The van der Waals surface area contributed by atoms with Crippen molar-refractivity contribution in [2.75, 3.05) is 11.9 Å². The van der Waals surface area contributed by atoms with E-state index in [1.54, 1.807) is 23.5 Å². The first-order valence-electron chi connectivity index (χ1n) is 6.40. The Morgan fingerprint density at radius 1 is 1.40 bits per heavy atom. The number of carbonyl (C=O) groups is 1. The zero-order valence-electron chi connectivity index (χ0n) is 11.7. The molecule has 0 saturated carbocycles. The summed E-state index contributed by atoms with van der Waals surface area (Å²) in [4.78, 5) is 16.0. The molecule has 2 aromatic heterocycles. The van der Waals surface area contributed by atoms with Gasteiger partial charge in [0.05, 0.1) is 6.04 Å². The molecule has 20 heavy (non-hydrogen) atoms. The predicted octanol–water partition coefficient (Wildman–Crippen LogP) is 2.16. The molecule has 0 radical (unpaired) electrons. The Kier molecular flexibility index (Phi) is 4.62. The third-order valence-electron chi connectivity index (χ3n) is 2.61. The second-order valence-electron chi connectivity index (χ2n) is 4.36. The number of aromatic nitrogens is 3. The lowest BCUT2D eigenvalue weighted by molar-refractivity contribution is 0.0950. The second kappa shape index (κ2) is 6.42. The van der Waals surface area contributed by atoms with Crippen molar-refractivity contribution in [2.45, 2.75) is 26.8 Å². The van der Waals surface area contributed by atoms with E-state index in [1.165, 1.54) is 0 Å². The first kappa shape index (κ1) is 14.4. The lowest BCUT2D eigenvalue weighted by Crippen LogP contribution is -2.24. The Morgan fingerprint density at radius 3 is 2.75 bits per heavy atom.